The second-order valence-corrected chi connectivity index (χ2v) is 11.4. The average molecular weight is 479 g/mol. The number of aliphatic hydroxyl groups is 1. The Kier molecular flexibility index (Phi) is 6.41. The standard InChI is InChI=1S/C27H36F2O5/c1-5-6-7-23(33)34-14-21(31)24-15(2)10-17-18-12-20(28)19-11-16(30)8-9-26(19,4)27(18,29)22(32)13-25(17,24)3/h8-9,11,15,17-18,20,22,24,32H,5-7,10,12-14H2,1-4H3/t15-,17+,18+,20-,22+,24-,25+,26+,27+/m1/s1. The molecular weight excluding hydrogens is 442 g/mol. The van der Waals surface area contributed by atoms with E-state index in [2.05, 4.69) is 0 Å². The van der Waals surface area contributed by atoms with Gasteiger partial charge in [-0.2, -0.15) is 0 Å². The van der Waals surface area contributed by atoms with Gasteiger partial charge in [0, 0.05) is 23.7 Å². The number of hydrogen-bond donors (Lipinski definition) is 1. The molecule has 0 bridgehead atoms. The molecule has 0 aromatic carbocycles. The van der Waals surface area contributed by atoms with E-state index in [0.717, 1.165) is 6.42 Å². The number of allylic oxidation sites excluding steroid dienone is 4. The first-order valence-electron chi connectivity index (χ1n) is 12.5. The monoisotopic (exact) mass is 478 g/mol. The van der Waals surface area contributed by atoms with Crippen molar-refractivity contribution in [3.8, 4) is 0 Å². The second kappa shape index (κ2) is 8.65. The van der Waals surface area contributed by atoms with Crippen LogP contribution < -0.4 is 0 Å². The third-order valence-corrected chi connectivity index (χ3v) is 9.43. The van der Waals surface area contributed by atoms with E-state index in [0.29, 0.717) is 12.8 Å². The lowest BCUT2D eigenvalue weighted by Gasteiger charge is -2.62. The maximum absolute atomic E-state index is 17.1. The smallest absolute Gasteiger partial charge is 0.306 e. The van der Waals surface area contributed by atoms with E-state index >= 15 is 8.78 Å². The van der Waals surface area contributed by atoms with Crippen molar-refractivity contribution < 1.29 is 33.0 Å². The summed E-state index contributed by atoms with van der Waals surface area (Å²) in [5.41, 5.74) is -4.21. The highest BCUT2D eigenvalue weighted by molar-refractivity contribution is 6.01. The van der Waals surface area contributed by atoms with Gasteiger partial charge in [-0.25, -0.2) is 8.78 Å². The summed E-state index contributed by atoms with van der Waals surface area (Å²) in [4.78, 5) is 37.1. The van der Waals surface area contributed by atoms with Crippen molar-refractivity contribution in [2.45, 2.75) is 84.2 Å². The van der Waals surface area contributed by atoms with Crippen molar-refractivity contribution in [2.24, 2.45) is 34.5 Å². The number of aliphatic hydroxyl groups excluding tert-OH is 1. The Morgan fingerprint density at radius 2 is 1.94 bits per heavy atom. The number of unbranched alkanes of at least 4 members (excludes halogenated alkanes) is 1. The van der Waals surface area contributed by atoms with Crippen LogP contribution in [0.15, 0.2) is 23.8 Å². The number of carbonyl (C=O) groups is 3. The predicted molar refractivity (Wildman–Crippen MR) is 122 cm³/mol. The molecule has 34 heavy (non-hydrogen) atoms. The molecule has 4 aliphatic carbocycles. The van der Waals surface area contributed by atoms with Gasteiger partial charge in [-0.1, -0.05) is 33.3 Å². The largest absolute Gasteiger partial charge is 0.458 e. The number of carbonyl (C=O) groups excluding carboxylic acids is 3. The minimum absolute atomic E-state index is 0.0524. The quantitative estimate of drug-likeness (QED) is 0.570. The molecule has 4 rings (SSSR count). The molecule has 7 heteroatoms. The highest BCUT2D eigenvalue weighted by Crippen LogP contribution is 2.70. The number of alkyl halides is 2. The molecule has 0 spiro atoms. The lowest BCUT2D eigenvalue weighted by molar-refractivity contribution is -0.202. The molecule has 1 N–H and O–H groups in total. The Balaban J connectivity index is 1.63. The fraction of sp³-hybridized carbons (Fsp3) is 0.741. The third-order valence-electron chi connectivity index (χ3n) is 9.43. The van der Waals surface area contributed by atoms with Gasteiger partial charge in [-0.05, 0) is 67.6 Å². The van der Waals surface area contributed by atoms with Crippen LogP contribution in [0.1, 0.15) is 66.2 Å². The van der Waals surface area contributed by atoms with Crippen molar-refractivity contribution in [3.05, 3.63) is 23.8 Å². The number of esters is 1. The fourth-order valence-electron chi connectivity index (χ4n) is 7.89. The molecule has 5 nitrogen and oxygen atoms in total. The molecule has 0 aliphatic heterocycles. The molecular formula is C27H36F2O5. The summed E-state index contributed by atoms with van der Waals surface area (Å²) in [6, 6.07) is 0. The number of ether oxygens (including phenoxy) is 1. The summed E-state index contributed by atoms with van der Waals surface area (Å²) in [5.74, 6) is -2.75. The van der Waals surface area contributed by atoms with Gasteiger partial charge in [0.15, 0.2) is 17.2 Å². The molecule has 0 aromatic rings. The maximum Gasteiger partial charge on any atom is 0.306 e. The molecule has 3 saturated carbocycles. The average Bonchev–Trinajstić information content (AvgIpc) is 3.03. The number of ketones is 2. The van der Waals surface area contributed by atoms with Crippen LogP contribution in [-0.4, -0.2) is 47.2 Å². The van der Waals surface area contributed by atoms with E-state index in [-0.39, 0.29) is 54.8 Å². The van der Waals surface area contributed by atoms with Crippen LogP contribution in [0.4, 0.5) is 8.78 Å². The molecule has 0 unspecified atom stereocenters. The lowest BCUT2D eigenvalue weighted by atomic mass is 9.45. The van der Waals surface area contributed by atoms with Gasteiger partial charge in [0.1, 0.15) is 12.8 Å². The van der Waals surface area contributed by atoms with Crippen LogP contribution in [0.25, 0.3) is 0 Å². The van der Waals surface area contributed by atoms with Gasteiger partial charge in [0.2, 0.25) is 0 Å². The van der Waals surface area contributed by atoms with Crippen molar-refractivity contribution in [1.29, 1.82) is 0 Å². The number of hydrogen-bond acceptors (Lipinski definition) is 5. The third kappa shape index (κ3) is 3.52. The van der Waals surface area contributed by atoms with Gasteiger partial charge < -0.3 is 9.84 Å². The number of Topliss-reactive ketones (excluding diaryl/α,β-unsaturated/α-hetero) is 1. The zero-order chi connectivity index (χ0) is 25.1. The van der Waals surface area contributed by atoms with E-state index in [9.17, 15) is 19.5 Å². The molecule has 3 fully saturated rings. The molecule has 0 radical (unpaired) electrons. The van der Waals surface area contributed by atoms with Gasteiger partial charge >= 0.3 is 5.97 Å². The van der Waals surface area contributed by atoms with Crippen molar-refractivity contribution in [1.82, 2.24) is 0 Å². The van der Waals surface area contributed by atoms with Crippen LogP contribution in [0.5, 0.6) is 0 Å². The van der Waals surface area contributed by atoms with E-state index in [1.54, 1.807) is 6.92 Å². The minimum atomic E-state index is -2.15. The predicted octanol–water partition coefficient (Wildman–Crippen LogP) is 4.47. The first-order valence-corrected chi connectivity index (χ1v) is 12.5. The van der Waals surface area contributed by atoms with E-state index in [1.165, 1.54) is 18.2 Å². The summed E-state index contributed by atoms with van der Waals surface area (Å²) in [5, 5.41) is 11.3. The van der Waals surface area contributed by atoms with Crippen LogP contribution in [0, 0.1) is 34.5 Å². The van der Waals surface area contributed by atoms with Crippen molar-refractivity contribution >= 4 is 17.5 Å². The Labute approximate surface area is 200 Å². The van der Waals surface area contributed by atoms with Gasteiger partial charge in [0.05, 0.1) is 6.10 Å². The second-order valence-electron chi connectivity index (χ2n) is 11.4. The number of rotatable bonds is 6. The van der Waals surface area contributed by atoms with Crippen LogP contribution in [-0.2, 0) is 19.1 Å². The zero-order valence-electron chi connectivity index (χ0n) is 20.5. The van der Waals surface area contributed by atoms with Gasteiger partial charge in [-0.3, -0.25) is 14.4 Å². The van der Waals surface area contributed by atoms with Gasteiger partial charge in [-0.15, -0.1) is 0 Å². The molecule has 4 aliphatic rings. The van der Waals surface area contributed by atoms with E-state index in [1.807, 2.05) is 20.8 Å². The Bertz CT molecular complexity index is 943. The van der Waals surface area contributed by atoms with Crippen LogP contribution in [0.3, 0.4) is 0 Å². The highest BCUT2D eigenvalue weighted by atomic mass is 19.1. The molecule has 0 saturated heterocycles. The molecule has 188 valence electrons. The summed E-state index contributed by atoms with van der Waals surface area (Å²) >= 11 is 0. The van der Waals surface area contributed by atoms with Crippen molar-refractivity contribution in [2.75, 3.05) is 6.61 Å². The molecule has 0 aromatic heterocycles. The Hall–Kier alpha value is -1.89. The summed E-state index contributed by atoms with van der Waals surface area (Å²) in [6.07, 6.45) is 3.20. The fourth-order valence-corrected chi connectivity index (χ4v) is 7.89. The normalized spacial score (nSPS) is 45.1. The summed E-state index contributed by atoms with van der Waals surface area (Å²) in [6.45, 7) is 7.03. The first kappa shape index (κ1) is 25.2. The number of halogens is 2. The lowest BCUT2D eigenvalue weighted by Crippen LogP contribution is -2.68. The van der Waals surface area contributed by atoms with Crippen molar-refractivity contribution in [3.63, 3.8) is 0 Å². The zero-order valence-corrected chi connectivity index (χ0v) is 20.5. The first-order chi connectivity index (χ1) is 15.9. The SMILES string of the molecule is CCCCC(=O)OCC(=O)[C@H]1[C@H](C)C[C@H]2[C@@H]3C[C@@H](F)C4=CC(=O)C=C[C@]4(C)[C@@]3(F)[C@@H](O)C[C@@]21C. The molecule has 9 atom stereocenters. The number of fused-ring (bicyclic) bond motifs is 5. The maximum atomic E-state index is 17.1. The summed E-state index contributed by atoms with van der Waals surface area (Å²) in [7, 11) is 0. The molecule has 0 amide bonds. The van der Waals surface area contributed by atoms with Gasteiger partial charge in [0.25, 0.3) is 0 Å². The van der Waals surface area contributed by atoms with Crippen LogP contribution >= 0.6 is 0 Å². The van der Waals surface area contributed by atoms with E-state index in [4.69, 9.17) is 4.74 Å². The Morgan fingerprint density at radius 3 is 2.62 bits per heavy atom. The van der Waals surface area contributed by atoms with E-state index < -0.39 is 46.6 Å². The Morgan fingerprint density at radius 1 is 1.24 bits per heavy atom. The highest BCUT2D eigenvalue weighted by Gasteiger charge is 2.73. The van der Waals surface area contributed by atoms with Crippen LogP contribution in [0.2, 0.25) is 0 Å². The molecule has 0 heterocycles. The minimum Gasteiger partial charge on any atom is -0.458 e. The topological polar surface area (TPSA) is 80.7 Å². The summed E-state index contributed by atoms with van der Waals surface area (Å²) < 4.78 is 37.7.